The van der Waals surface area contributed by atoms with Gasteiger partial charge in [-0.3, -0.25) is 0 Å². The Kier molecular flexibility index (Phi) is 12.4. The van der Waals surface area contributed by atoms with Crippen molar-refractivity contribution in [3.05, 3.63) is 0 Å². The second-order valence-electron chi connectivity index (χ2n) is 21.8. The topological polar surface area (TPSA) is 236 Å². The molecule has 26 atom stereocenters. The van der Waals surface area contributed by atoms with E-state index >= 15 is 0 Å². The molecule has 0 amide bonds. The van der Waals surface area contributed by atoms with Crippen LogP contribution in [0.4, 0.5) is 0 Å². The van der Waals surface area contributed by atoms with Crippen LogP contribution in [0.5, 0.6) is 0 Å². The highest BCUT2D eigenvalue weighted by Crippen LogP contribution is 2.73. The Balaban J connectivity index is 0.908. The highest BCUT2D eigenvalue weighted by Gasteiger charge is 2.70. The summed E-state index contributed by atoms with van der Waals surface area (Å²) < 4.78 is 50.1. The van der Waals surface area contributed by atoms with E-state index in [1.54, 1.807) is 0 Å². The maximum Gasteiger partial charge on any atom is 0.187 e. The number of ether oxygens (including phenoxy) is 8. The third-order valence-corrected chi connectivity index (χ3v) is 18.6. The predicted molar refractivity (Wildman–Crippen MR) is 213 cm³/mol. The molecule has 0 aromatic heterocycles. The molecular weight excluding hydrogens is 796 g/mol. The molecule has 0 aromatic carbocycles. The molecule has 16 heteroatoms. The summed E-state index contributed by atoms with van der Waals surface area (Å²) in [6, 6.07) is 0. The van der Waals surface area contributed by atoms with E-state index in [4.69, 9.17) is 37.9 Å². The Bertz CT molecular complexity index is 1550. The SMILES string of the molecule is C[C@H]1CC[C@@]2(OC1)O[C@H]1C[C@H]3[C@@H]4CC[C@]5(C)C[C@@H](OC6O[C@H](CO)[C@@H](OC7O[C@@H](C)[C@H](O)[C@@H](O)[C@H]7O)[C@H](O)[C@H]6OC6OC[C@@H](O)[C@H](O)[C@H]6O)CC[C@]5(C)[C@H]4CC[C@]3(C)[C@H]1[C@@H]2C. The first kappa shape index (κ1) is 45.5. The fourth-order valence-electron chi connectivity index (χ4n) is 14.7. The van der Waals surface area contributed by atoms with Crippen molar-refractivity contribution in [2.24, 2.45) is 51.8 Å². The molecule has 9 aliphatic rings. The lowest BCUT2D eigenvalue weighted by molar-refractivity contribution is -0.386. The van der Waals surface area contributed by atoms with Gasteiger partial charge < -0.3 is 78.7 Å². The minimum absolute atomic E-state index is 0.0632. The fourth-order valence-corrected chi connectivity index (χ4v) is 14.7. The lowest BCUT2D eigenvalue weighted by Gasteiger charge is -2.65. The molecule has 4 saturated carbocycles. The molecule has 0 aromatic rings. The lowest BCUT2D eigenvalue weighted by Crippen LogP contribution is -2.66. The molecule has 1 spiro atoms. The molecule has 9 rings (SSSR count). The van der Waals surface area contributed by atoms with Gasteiger partial charge in [-0.1, -0.05) is 34.6 Å². The van der Waals surface area contributed by atoms with Crippen LogP contribution in [0.1, 0.15) is 106 Å². The highest BCUT2D eigenvalue weighted by molar-refractivity contribution is 5.17. The van der Waals surface area contributed by atoms with E-state index in [1.807, 2.05) is 0 Å². The van der Waals surface area contributed by atoms with Crippen molar-refractivity contribution in [3.8, 4) is 0 Å². The fraction of sp³-hybridized carbons (Fsp3) is 1.00. The Labute approximate surface area is 359 Å². The van der Waals surface area contributed by atoms with E-state index < -0.39 is 98.4 Å². The summed E-state index contributed by atoms with van der Waals surface area (Å²) in [5, 5.41) is 85.4. The Hall–Kier alpha value is -0.640. The molecular formula is C45H74O16. The summed E-state index contributed by atoms with van der Waals surface area (Å²) in [4.78, 5) is 0. The monoisotopic (exact) mass is 870 g/mol. The zero-order chi connectivity index (χ0) is 43.6. The molecule has 3 unspecified atom stereocenters. The first-order valence-electron chi connectivity index (χ1n) is 23.4. The maximum absolute atomic E-state index is 12.0. The van der Waals surface area contributed by atoms with Gasteiger partial charge in [0.25, 0.3) is 0 Å². The van der Waals surface area contributed by atoms with Crippen LogP contribution in [0.2, 0.25) is 0 Å². The second-order valence-corrected chi connectivity index (χ2v) is 21.8. The summed E-state index contributed by atoms with van der Waals surface area (Å²) >= 11 is 0. The van der Waals surface area contributed by atoms with Gasteiger partial charge in [-0.05, 0) is 111 Å². The lowest BCUT2D eigenvalue weighted by atomic mass is 9.40. The zero-order valence-corrected chi connectivity index (χ0v) is 36.7. The van der Waals surface area contributed by atoms with Gasteiger partial charge in [0.15, 0.2) is 24.7 Å². The van der Waals surface area contributed by atoms with E-state index in [0.29, 0.717) is 35.5 Å². The van der Waals surface area contributed by atoms with E-state index in [0.717, 1.165) is 58.0 Å². The van der Waals surface area contributed by atoms with Crippen LogP contribution in [-0.4, -0.2) is 165 Å². The van der Waals surface area contributed by atoms with E-state index in [1.165, 1.54) is 19.8 Å². The number of aliphatic hydroxyl groups is 8. The largest absolute Gasteiger partial charge is 0.394 e. The van der Waals surface area contributed by atoms with Gasteiger partial charge in [0, 0.05) is 12.3 Å². The summed E-state index contributed by atoms with van der Waals surface area (Å²) in [6.07, 6.45) is -10.1. The minimum atomic E-state index is -1.70. The Morgan fingerprint density at radius 3 is 2.11 bits per heavy atom. The van der Waals surface area contributed by atoms with Gasteiger partial charge in [0.2, 0.25) is 0 Å². The van der Waals surface area contributed by atoms with Crippen molar-refractivity contribution in [1.82, 2.24) is 0 Å². The third-order valence-electron chi connectivity index (χ3n) is 18.6. The second kappa shape index (κ2) is 16.6. The van der Waals surface area contributed by atoms with Gasteiger partial charge >= 0.3 is 0 Å². The van der Waals surface area contributed by atoms with Crippen molar-refractivity contribution >= 4 is 0 Å². The van der Waals surface area contributed by atoms with Crippen molar-refractivity contribution < 1.29 is 78.7 Å². The van der Waals surface area contributed by atoms with Crippen molar-refractivity contribution in [1.29, 1.82) is 0 Å². The van der Waals surface area contributed by atoms with Crippen LogP contribution >= 0.6 is 0 Å². The van der Waals surface area contributed by atoms with Gasteiger partial charge in [-0.2, -0.15) is 0 Å². The molecule has 0 radical (unpaired) electrons. The molecule has 5 aliphatic heterocycles. The summed E-state index contributed by atoms with van der Waals surface area (Å²) in [5.74, 6) is 2.80. The normalized spacial score (nSPS) is 59.7. The smallest absolute Gasteiger partial charge is 0.187 e. The molecule has 0 bridgehead atoms. The predicted octanol–water partition coefficient (Wildman–Crippen LogP) is 1.32. The number of fused-ring (bicyclic) bond motifs is 7. The molecule has 350 valence electrons. The van der Waals surface area contributed by atoms with Crippen LogP contribution in [-0.2, 0) is 37.9 Å². The van der Waals surface area contributed by atoms with E-state index in [-0.39, 0.29) is 35.1 Å². The average molecular weight is 871 g/mol. The first-order valence-corrected chi connectivity index (χ1v) is 23.4. The summed E-state index contributed by atoms with van der Waals surface area (Å²) in [5.41, 5.74) is 0.216. The number of aliphatic hydroxyl groups excluding tert-OH is 8. The van der Waals surface area contributed by atoms with Crippen LogP contribution in [0.15, 0.2) is 0 Å². The Morgan fingerprint density at radius 1 is 0.656 bits per heavy atom. The summed E-state index contributed by atoms with van der Waals surface area (Å²) in [6.45, 7) is 13.4. The van der Waals surface area contributed by atoms with Gasteiger partial charge in [-0.15, -0.1) is 0 Å². The van der Waals surface area contributed by atoms with Crippen LogP contribution in [0.25, 0.3) is 0 Å². The quantitative estimate of drug-likeness (QED) is 0.169. The standard InChI is InChI=1S/C45H74O16/c1-20-7-14-45(55-18-20)21(2)30-28(61-45)15-26-24-9-11-42(4)16-23(8-13-44(42,6)25(24)10-12-43(26,30)5)57-41-38(60-39-34(51)32(49)27(47)19-54-39)36(53)37(29(17-46)58-41)59-40-35(52)33(50)31(48)22(3)56-40/h20-41,46-53H,7-19H2,1-6H3/t20-,21-,22-,23-,24+,25-,26-,27+,28-,29+,30-,31-,32-,33+,34+,35+,36-,37+,38+,39?,40?,41?,42+,43-,44+,45+/m0/s1. The van der Waals surface area contributed by atoms with E-state index in [9.17, 15) is 40.9 Å². The molecule has 4 aliphatic carbocycles. The van der Waals surface area contributed by atoms with Gasteiger partial charge in [0.05, 0.1) is 38.1 Å². The summed E-state index contributed by atoms with van der Waals surface area (Å²) in [7, 11) is 0. The maximum atomic E-state index is 12.0. The minimum Gasteiger partial charge on any atom is -0.394 e. The molecule has 5 saturated heterocycles. The number of rotatable bonds is 7. The van der Waals surface area contributed by atoms with E-state index in [2.05, 4.69) is 34.6 Å². The number of hydrogen-bond donors (Lipinski definition) is 8. The first-order chi connectivity index (χ1) is 28.8. The van der Waals surface area contributed by atoms with Crippen LogP contribution in [0, 0.1) is 51.8 Å². The highest BCUT2D eigenvalue weighted by atomic mass is 16.8. The molecule has 8 N–H and O–H groups in total. The molecule has 5 heterocycles. The number of hydrogen-bond acceptors (Lipinski definition) is 16. The average Bonchev–Trinajstić information content (AvgIpc) is 3.68. The Morgan fingerprint density at radius 2 is 1.39 bits per heavy atom. The van der Waals surface area contributed by atoms with Crippen LogP contribution in [0.3, 0.4) is 0 Å². The van der Waals surface area contributed by atoms with Crippen molar-refractivity contribution in [3.63, 3.8) is 0 Å². The van der Waals surface area contributed by atoms with Crippen molar-refractivity contribution in [2.45, 2.75) is 210 Å². The molecule has 61 heavy (non-hydrogen) atoms. The zero-order valence-electron chi connectivity index (χ0n) is 36.7. The van der Waals surface area contributed by atoms with Gasteiger partial charge in [-0.25, -0.2) is 0 Å². The van der Waals surface area contributed by atoms with Gasteiger partial charge in [0.1, 0.15) is 61.0 Å². The van der Waals surface area contributed by atoms with Crippen LogP contribution < -0.4 is 0 Å². The molecule has 16 nitrogen and oxygen atoms in total. The van der Waals surface area contributed by atoms with Crippen molar-refractivity contribution in [2.75, 3.05) is 19.8 Å². The molecule has 9 fully saturated rings. The third kappa shape index (κ3) is 7.32.